The molecule has 7 atom stereocenters. The Hall–Kier alpha value is -2.32. The second-order valence-corrected chi connectivity index (χ2v) is 26.7. The maximum absolute atomic E-state index is 8.72. The Bertz CT molecular complexity index is 1510. The first-order chi connectivity index (χ1) is 41.9. The highest BCUT2D eigenvalue weighted by molar-refractivity contribution is 5.00. The van der Waals surface area contributed by atoms with Gasteiger partial charge in [0.2, 0.25) is 0 Å². The van der Waals surface area contributed by atoms with Crippen LogP contribution in [0.2, 0.25) is 0 Å². The van der Waals surface area contributed by atoms with Gasteiger partial charge in [-0.05, 0) is 216 Å². The van der Waals surface area contributed by atoms with E-state index >= 15 is 0 Å². The predicted molar refractivity (Wildman–Crippen MR) is 373 cm³/mol. The van der Waals surface area contributed by atoms with Crippen LogP contribution in [0.25, 0.3) is 0 Å². The second kappa shape index (κ2) is 73.1. The molecule has 0 amide bonds. The molecule has 0 radical (unpaired) electrons. The van der Waals surface area contributed by atoms with Gasteiger partial charge in [0, 0.05) is 43.7 Å². The average Bonchev–Trinajstić information content (AvgIpc) is 4.26. The molecular formula is C74H148N2O13. The van der Waals surface area contributed by atoms with Crippen molar-refractivity contribution in [2.45, 2.75) is 298 Å². The first-order valence-corrected chi connectivity index (χ1v) is 34.7. The summed E-state index contributed by atoms with van der Waals surface area (Å²) >= 11 is 0. The lowest BCUT2D eigenvalue weighted by atomic mass is 10.0. The highest BCUT2D eigenvalue weighted by atomic mass is 16.7. The van der Waals surface area contributed by atoms with Crippen molar-refractivity contribution < 1.29 is 63.4 Å². The van der Waals surface area contributed by atoms with Gasteiger partial charge in [-0.25, -0.2) is 0 Å². The Morgan fingerprint density at radius 2 is 0.966 bits per heavy atom. The van der Waals surface area contributed by atoms with Crippen molar-refractivity contribution in [3.8, 4) is 12.1 Å². The third-order valence-electron chi connectivity index (χ3n) is 13.1. The molecule has 0 aromatic carbocycles. The molecule has 15 heteroatoms. The number of allylic oxidation sites excluding steroid dienone is 6. The van der Waals surface area contributed by atoms with E-state index in [2.05, 4.69) is 107 Å². The van der Waals surface area contributed by atoms with Gasteiger partial charge in [0.25, 0.3) is 0 Å². The number of ether oxygens (including phenoxy) is 8. The van der Waals surface area contributed by atoms with Crippen molar-refractivity contribution >= 4 is 0 Å². The highest BCUT2D eigenvalue weighted by Crippen LogP contribution is 2.17. The van der Waals surface area contributed by atoms with E-state index in [1.54, 1.807) is 18.1 Å². The monoisotopic (exact) mass is 1270 g/mol. The maximum atomic E-state index is 8.72. The minimum absolute atomic E-state index is 0.0463. The van der Waals surface area contributed by atoms with Crippen LogP contribution in [0, 0.1) is 63.6 Å². The number of rotatable bonds is 6. The standard InChI is InChI=1S/C8H14.C7H12.C6H12O2.C6H12O.C6H14O.C6H10.C5H9N.C5H10O2.C5H10O.C5H12.C4H7N.C4H8O2.C4H10O2.C3H8O2/c1-8-6-4-2-3-5-7-8;1-7-5-3-2-4-6-7;1-6-4-7-2-3-8-5-6;1-6-3-2-4-7-5-6;1-5(2)4-6(3)7;1-6-4-2-3-5-6;1-5(2,3)4-6;1-5-4-6-2-3-7-5;1-5-3-2-4-6-5;1-4-5(2)3;1-4(2)3-5;1-4-5-2-3-6-4;1-4(6)2-3-5;1-3(5)2-4/h6H,2-5,7H2,1H3;5H,2-4,6H2,1H3;6H,2-5H2,1H3;6H,2-5H2,1H3;5-7H,4H2,1-3H3;2,4,6H,3,5H2,1H3;1-3H3;5H,2-4H2,1H3;5H,2-4H2,1H3;5H,4H2,1-3H3;4H,1-2H3;4H,2-3H2,1H3;4-6H,2-3H2,1H3;3-5H,2H2,1H3/t;;;3*6-;;2*5-;;;;4-;3-/m...001.00...00/s1. The summed E-state index contributed by atoms with van der Waals surface area (Å²) in [5, 5.41) is 57.2. The number of hydrogen-bond acceptors (Lipinski definition) is 15. The molecule has 5 N–H and O–H groups in total. The van der Waals surface area contributed by atoms with Crippen LogP contribution in [0.15, 0.2) is 35.5 Å². The molecule has 5 saturated heterocycles. The Balaban J connectivity index is -0.000000209. The third-order valence-corrected chi connectivity index (χ3v) is 13.1. The van der Waals surface area contributed by atoms with Gasteiger partial charge < -0.3 is 63.4 Å². The van der Waals surface area contributed by atoms with E-state index in [1.807, 2.05) is 61.5 Å². The Morgan fingerprint density at radius 3 is 1.18 bits per heavy atom. The number of nitriles is 2. The molecule has 532 valence electrons. The lowest BCUT2D eigenvalue weighted by molar-refractivity contribution is -0.0797. The summed E-state index contributed by atoms with van der Waals surface area (Å²) in [6, 6.07) is 4.13. The van der Waals surface area contributed by atoms with Crippen molar-refractivity contribution in [1.82, 2.24) is 0 Å². The van der Waals surface area contributed by atoms with Gasteiger partial charge in [-0.1, -0.05) is 104 Å². The molecule has 8 rings (SSSR count). The zero-order chi connectivity index (χ0) is 69.1. The Labute approximate surface area is 550 Å². The molecule has 15 nitrogen and oxygen atoms in total. The summed E-state index contributed by atoms with van der Waals surface area (Å²) in [5.41, 5.74) is 3.04. The van der Waals surface area contributed by atoms with Gasteiger partial charge in [-0.3, -0.25) is 0 Å². The largest absolute Gasteiger partial charge is 0.396 e. The smallest absolute Gasteiger partial charge is 0.155 e. The van der Waals surface area contributed by atoms with Gasteiger partial charge in [-0.15, -0.1) is 0 Å². The van der Waals surface area contributed by atoms with Gasteiger partial charge in [0.15, 0.2) is 6.29 Å². The number of hydrogen-bond donors (Lipinski definition) is 5. The summed E-state index contributed by atoms with van der Waals surface area (Å²) in [7, 11) is 0. The zero-order valence-corrected chi connectivity index (χ0v) is 61.8. The van der Waals surface area contributed by atoms with Crippen LogP contribution in [0.5, 0.6) is 0 Å². The van der Waals surface area contributed by atoms with Crippen LogP contribution in [0.4, 0.5) is 0 Å². The van der Waals surface area contributed by atoms with E-state index in [1.165, 1.54) is 110 Å². The highest BCUT2D eigenvalue weighted by Gasteiger charge is 2.10. The van der Waals surface area contributed by atoms with E-state index in [0.717, 1.165) is 103 Å². The fourth-order valence-electron chi connectivity index (χ4n) is 7.28. The van der Waals surface area contributed by atoms with Crippen molar-refractivity contribution in [3.63, 3.8) is 0 Å². The molecule has 3 aliphatic carbocycles. The van der Waals surface area contributed by atoms with Gasteiger partial charge >= 0.3 is 0 Å². The molecule has 0 unspecified atom stereocenters. The molecule has 89 heavy (non-hydrogen) atoms. The molecule has 8 aliphatic rings. The first kappa shape index (κ1) is 97.8. The minimum Gasteiger partial charge on any atom is -0.396 e. The van der Waals surface area contributed by atoms with Crippen LogP contribution >= 0.6 is 0 Å². The second-order valence-electron chi connectivity index (χ2n) is 26.7. The van der Waals surface area contributed by atoms with Crippen molar-refractivity contribution in [2.75, 3.05) is 92.5 Å². The van der Waals surface area contributed by atoms with Gasteiger partial charge in [-0.2, -0.15) is 10.5 Å². The van der Waals surface area contributed by atoms with Crippen molar-refractivity contribution in [2.24, 2.45) is 40.9 Å². The summed E-state index contributed by atoms with van der Waals surface area (Å²) < 4.78 is 40.8. The van der Waals surface area contributed by atoms with E-state index in [4.69, 9.17) is 74.0 Å². The molecule has 0 bridgehead atoms. The number of aliphatic hydroxyl groups excluding tert-OH is 5. The lowest BCUT2D eigenvalue weighted by Crippen LogP contribution is -2.25. The topological polar surface area (TPSA) is 223 Å². The van der Waals surface area contributed by atoms with Crippen LogP contribution in [0.1, 0.15) is 261 Å². The quantitative estimate of drug-likeness (QED) is 0.156. The summed E-state index contributed by atoms with van der Waals surface area (Å²) in [5.74, 6) is 3.96. The predicted octanol–water partition coefficient (Wildman–Crippen LogP) is 16.8. The van der Waals surface area contributed by atoms with E-state index in [9.17, 15) is 0 Å². The normalized spacial score (nSPS) is 22.0. The van der Waals surface area contributed by atoms with E-state index < -0.39 is 6.10 Å². The van der Waals surface area contributed by atoms with E-state index in [0.29, 0.717) is 30.5 Å². The maximum Gasteiger partial charge on any atom is 0.155 e. The number of aliphatic hydroxyl groups is 5. The fraction of sp³-hybridized carbons (Fsp3) is 0.892. The van der Waals surface area contributed by atoms with E-state index in [-0.39, 0.29) is 43.0 Å². The molecule has 5 aliphatic heterocycles. The number of nitrogens with zero attached hydrogens (tertiary/aromatic N) is 2. The van der Waals surface area contributed by atoms with Crippen LogP contribution in [-0.4, -0.2) is 155 Å². The molecule has 0 aromatic heterocycles. The van der Waals surface area contributed by atoms with Gasteiger partial charge in [0.1, 0.15) is 0 Å². The molecule has 0 aromatic rings. The first-order valence-electron chi connectivity index (χ1n) is 34.7. The van der Waals surface area contributed by atoms with Crippen molar-refractivity contribution in [1.29, 1.82) is 10.5 Å². The molecular weight excluding hydrogens is 1120 g/mol. The lowest BCUT2D eigenvalue weighted by Gasteiger charge is -2.18. The summed E-state index contributed by atoms with van der Waals surface area (Å²) in [6.07, 6.45) is 32.1. The fourth-order valence-corrected chi connectivity index (χ4v) is 7.28. The molecule has 0 saturated carbocycles. The summed E-state index contributed by atoms with van der Waals surface area (Å²) in [6.45, 7) is 52.3. The molecule has 5 fully saturated rings. The third kappa shape index (κ3) is 102. The SMILES string of the molecule is CC(C)(C)C#N.CC(C)C#N.CC(C)C[C@H](C)O.CC1=CCCCC1.CC1=CCCCCC1.CC1COCCOC1.CC1OCCO1.CCC(C)C.C[C@@H]1C=CCC1.C[C@H](O)CCO.C[C@H](O)CO.C[C@H]1CCCO1.C[C@H]1CCCOC1.C[C@H]1COCCO1. The van der Waals surface area contributed by atoms with Crippen LogP contribution in [0.3, 0.4) is 0 Å². The molecule has 0 spiro atoms. The van der Waals surface area contributed by atoms with Gasteiger partial charge in [0.05, 0.1) is 109 Å². The van der Waals surface area contributed by atoms with Crippen LogP contribution in [-0.2, 0) is 37.9 Å². The van der Waals surface area contributed by atoms with Crippen molar-refractivity contribution in [3.05, 3.63) is 35.5 Å². The summed E-state index contributed by atoms with van der Waals surface area (Å²) in [4.78, 5) is 0. The Morgan fingerprint density at radius 1 is 0.528 bits per heavy atom. The molecule has 5 heterocycles. The average molecular weight is 1270 g/mol. The van der Waals surface area contributed by atoms with Crippen LogP contribution < -0.4 is 0 Å². The minimum atomic E-state index is -0.560. The Kier molecular flexibility index (Phi) is 80.3. The zero-order valence-electron chi connectivity index (χ0n) is 61.8.